The largest absolute Gasteiger partial charge is 0.0845 e. The van der Waals surface area contributed by atoms with Gasteiger partial charge in [0.25, 0.3) is 0 Å². The monoisotopic (exact) mass is 1050 g/mol. The van der Waals surface area contributed by atoms with Gasteiger partial charge in [-0.3, -0.25) is 0 Å². The Labute approximate surface area is 476 Å². The second-order valence-electron chi connectivity index (χ2n) is 36.9. The minimum atomic E-state index is 0. The minimum Gasteiger partial charge on any atom is -0.0845 e. The molecule has 0 nitrogen and oxygen atoms in total. The van der Waals surface area contributed by atoms with Gasteiger partial charge in [0.15, 0.2) is 0 Å². The highest BCUT2D eigenvalue weighted by Crippen LogP contribution is 2.71. The summed E-state index contributed by atoms with van der Waals surface area (Å²) in [6.45, 7) is 45.6. The lowest BCUT2D eigenvalue weighted by molar-refractivity contribution is -0.118. The number of fused-ring (bicyclic) bond motifs is 15. The van der Waals surface area contributed by atoms with Gasteiger partial charge in [-0.25, -0.2) is 0 Å². The molecule has 12 rings (SSSR count). The zero-order valence-corrected chi connectivity index (χ0v) is 53.7. The molecule has 0 aromatic rings. The van der Waals surface area contributed by atoms with Crippen molar-refractivity contribution in [3.63, 3.8) is 0 Å². The standard InChI is InChI=1S/C25H44.2C25H42.CH4/c3*1-17-7-10-21-20-9-8-19-15-18(16-23(2,3)4)11-13-25(19,6)22(20)12-14-24(17,21)5;/h17-22H,7-16H2,1-6H3;15,17-18,20-22H,7-14,16H2,1-6H3;8,17-18,20-22H,7,9-16H2,1-6H3;1H4. The number of rotatable bonds is 3. The van der Waals surface area contributed by atoms with E-state index in [0.717, 1.165) is 94.7 Å². The summed E-state index contributed by atoms with van der Waals surface area (Å²) < 4.78 is 0. The molecule has 22 atom stereocenters. The van der Waals surface area contributed by atoms with Crippen LogP contribution >= 0.6 is 0 Å². The van der Waals surface area contributed by atoms with E-state index in [4.69, 9.17) is 0 Å². The molecule has 22 unspecified atom stereocenters. The first-order chi connectivity index (χ1) is 34.9. The second kappa shape index (κ2) is 21.3. The van der Waals surface area contributed by atoms with Crippen LogP contribution < -0.4 is 0 Å². The molecule has 76 heavy (non-hydrogen) atoms. The minimum absolute atomic E-state index is 0. The van der Waals surface area contributed by atoms with Gasteiger partial charge in [0.05, 0.1) is 0 Å². The van der Waals surface area contributed by atoms with Gasteiger partial charge < -0.3 is 0 Å². The molecule has 0 aromatic carbocycles. The first-order valence-corrected chi connectivity index (χ1v) is 34.3. The summed E-state index contributed by atoms with van der Waals surface area (Å²) in [6, 6.07) is 0. The molecule has 0 saturated heterocycles. The van der Waals surface area contributed by atoms with E-state index < -0.39 is 0 Å². The maximum atomic E-state index is 2.77. The van der Waals surface area contributed by atoms with Crippen molar-refractivity contribution in [3.05, 3.63) is 23.3 Å². The molecule has 10 fully saturated rings. The Balaban J connectivity index is 0.000000138. The molecule has 0 aliphatic heterocycles. The van der Waals surface area contributed by atoms with Gasteiger partial charge in [-0.1, -0.05) is 155 Å². The highest BCUT2D eigenvalue weighted by molar-refractivity contribution is 5.27. The van der Waals surface area contributed by atoms with E-state index >= 15 is 0 Å². The van der Waals surface area contributed by atoms with E-state index in [1.165, 1.54) is 141 Å². The molecule has 0 aromatic heterocycles. The highest BCUT2D eigenvalue weighted by Gasteiger charge is 2.62. The van der Waals surface area contributed by atoms with E-state index in [1.54, 1.807) is 38.5 Å². The maximum absolute atomic E-state index is 2.77. The number of hydrogen-bond acceptors (Lipinski definition) is 0. The van der Waals surface area contributed by atoms with Crippen LogP contribution in [-0.2, 0) is 0 Å². The van der Waals surface area contributed by atoms with Crippen LogP contribution in [0, 0.1) is 143 Å². The third-order valence-corrected chi connectivity index (χ3v) is 29.3. The van der Waals surface area contributed by atoms with Crippen molar-refractivity contribution < 1.29 is 0 Å². The number of allylic oxidation sites excluding steroid dienone is 4. The van der Waals surface area contributed by atoms with Crippen LogP contribution in [0.2, 0.25) is 0 Å². The maximum Gasteiger partial charge on any atom is -0.00851 e. The Kier molecular flexibility index (Phi) is 16.8. The third-order valence-electron chi connectivity index (χ3n) is 29.3. The summed E-state index contributed by atoms with van der Waals surface area (Å²) in [5, 5.41) is 0. The lowest BCUT2D eigenvalue weighted by atomic mass is 9.44. The molecule has 0 heteroatoms. The zero-order chi connectivity index (χ0) is 54.1. The van der Waals surface area contributed by atoms with Crippen LogP contribution in [0.4, 0.5) is 0 Å². The Bertz CT molecular complexity index is 2060. The fourth-order valence-corrected chi connectivity index (χ4v) is 24.7. The first kappa shape index (κ1) is 60.1. The Morgan fingerprint density at radius 2 is 0.842 bits per heavy atom. The van der Waals surface area contributed by atoms with Gasteiger partial charge in [0.2, 0.25) is 0 Å². The van der Waals surface area contributed by atoms with Crippen molar-refractivity contribution in [2.24, 2.45) is 143 Å². The molecule has 12 aliphatic carbocycles. The predicted octanol–water partition coefficient (Wildman–Crippen LogP) is 23.6. The molecule has 0 spiro atoms. The molecule has 0 N–H and O–H groups in total. The SMILES string of the molecule is C.CC1CCC2C3CC=C4CC(CC(C)(C)C)CCC4(C)C3CCC12C.CC1CCC2C3CCC4=CC(CC(C)(C)C)CCC4(C)C3CCC12C.CC1CCC2C3CCC4CC(CC(C)(C)C)CCC4(C)C3CCC12C. The average molecular weight is 1050 g/mol. The first-order valence-electron chi connectivity index (χ1n) is 34.3. The summed E-state index contributed by atoms with van der Waals surface area (Å²) in [5.41, 5.74) is 9.03. The van der Waals surface area contributed by atoms with Gasteiger partial charge in [-0.05, 0) is 323 Å². The van der Waals surface area contributed by atoms with Crippen LogP contribution in [0.3, 0.4) is 0 Å². The molecule has 0 bridgehead atoms. The van der Waals surface area contributed by atoms with Crippen molar-refractivity contribution in [3.8, 4) is 0 Å². The van der Waals surface area contributed by atoms with Crippen molar-refractivity contribution in [2.45, 2.75) is 312 Å². The summed E-state index contributed by atoms with van der Waals surface area (Å²) in [7, 11) is 0. The number of hydrogen-bond donors (Lipinski definition) is 0. The van der Waals surface area contributed by atoms with Crippen LogP contribution in [0.15, 0.2) is 23.3 Å². The molecule has 0 radical (unpaired) electrons. The van der Waals surface area contributed by atoms with E-state index in [1.807, 2.05) is 11.1 Å². The van der Waals surface area contributed by atoms with Crippen molar-refractivity contribution in [2.75, 3.05) is 0 Å². The topological polar surface area (TPSA) is 0 Å². The zero-order valence-electron chi connectivity index (χ0n) is 53.7. The smallest absolute Gasteiger partial charge is 0.00851 e. The quantitative estimate of drug-likeness (QED) is 0.247. The van der Waals surface area contributed by atoms with Gasteiger partial charge in [0, 0.05) is 0 Å². The van der Waals surface area contributed by atoms with E-state index in [0.29, 0.717) is 48.7 Å². The highest BCUT2D eigenvalue weighted by atomic mass is 14.7. The van der Waals surface area contributed by atoms with E-state index in [9.17, 15) is 0 Å². The summed E-state index contributed by atoms with van der Waals surface area (Å²) in [6.07, 6.45) is 47.3. The Morgan fingerprint density at radius 3 is 1.39 bits per heavy atom. The van der Waals surface area contributed by atoms with Gasteiger partial charge in [-0.15, -0.1) is 0 Å². The van der Waals surface area contributed by atoms with E-state index in [-0.39, 0.29) is 7.43 Å². The van der Waals surface area contributed by atoms with Gasteiger partial charge in [0.1, 0.15) is 0 Å². The van der Waals surface area contributed by atoms with Gasteiger partial charge >= 0.3 is 0 Å². The lowest BCUT2D eigenvalue weighted by Crippen LogP contribution is -2.53. The van der Waals surface area contributed by atoms with Gasteiger partial charge in [-0.2, -0.15) is 0 Å². The normalized spacial score (nSPS) is 50.2. The fraction of sp³-hybridized carbons (Fsp3) is 0.947. The lowest BCUT2D eigenvalue weighted by Gasteiger charge is -2.61. The summed E-state index contributed by atoms with van der Waals surface area (Å²) >= 11 is 0. The fourth-order valence-electron chi connectivity index (χ4n) is 24.7. The Hall–Kier alpha value is -0.520. The predicted molar refractivity (Wildman–Crippen MR) is 332 cm³/mol. The van der Waals surface area contributed by atoms with Crippen LogP contribution in [-0.4, -0.2) is 0 Å². The molecule has 10 saturated carbocycles. The van der Waals surface area contributed by atoms with Crippen molar-refractivity contribution in [1.82, 2.24) is 0 Å². The summed E-state index contributed by atoms with van der Waals surface area (Å²) in [4.78, 5) is 0. The van der Waals surface area contributed by atoms with Crippen molar-refractivity contribution >= 4 is 0 Å². The second-order valence-corrected chi connectivity index (χ2v) is 36.9. The molecular weight excluding hydrogens is 913 g/mol. The molecule has 0 amide bonds. The van der Waals surface area contributed by atoms with Crippen LogP contribution in [0.1, 0.15) is 312 Å². The van der Waals surface area contributed by atoms with Crippen LogP contribution in [0.5, 0.6) is 0 Å². The summed E-state index contributed by atoms with van der Waals surface area (Å²) in [5.74, 6) is 16.0. The van der Waals surface area contributed by atoms with Crippen LogP contribution in [0.25, 0.3) is 0 Å². The van der Waals surface area contributed by atoms with Crippen molar-refractivity contribution in [1.29, 1.82) is 0 Å². The average Bonchev–Trinajstić information content (AvgIpc) is 3.93. The third kappa shape index (κ3) is 10.9. The molecular formula is C76H132. The van der Waals surface area contributed by atoms with E-state index in [2.05, 4.69) is 137 Å². The molecule has 12 aliphatic rings. The Morgan fingerprint density at radius 1 is 0.408 bits per heavy atom. The molecule has 436 valence electrons. The molecule has 0 heterocycles.